The van der Waals surface area contributed by atoms with Crippen LogP contribution in [0.3, 0.4) is 0 Å². The Balaban J connectivity index is 1.82. The van der Waals surface area contributed by atoms with Gasteiger partial charge in [-0.25, -0.2) is 9.78 Å². The van der Waals surface area contributed by atoms with E-state index in [4.69, 9.17) is 25.5 Å². The first-order valence-corrected chi connectivity index (χ1v) is 10.8. The van der Waals surface area contributed by atoms with E-state index in [1.54, 1.807) is 14.0 Å². The number of carbonyl (C=O) groups is 1. The molecule has 0 unspecified atom stereocenters. The van der Waals surface area contributed by atoms with E-state index in [0.717, 1.165) is 22.3 Å². The number of aryl methyl sites for hydroxylation is 2. The van der Waals surface area contributed by atoms with Crippen molar-refractivity contribution in [3.63, 3.8) is 0 Å². The van der Waals surface area contributed by atoms with E-state index in [9.17, 15) is 4.79 Å². The lowest BCUT2D eigenvalue weighted by Crippen LogP contribution is -2.07. The lowest BCUT2D eigenvalue weighted by Gasteiger charge is -2.08. The van der Waals surface area contributed by atoms with E-state index in [1.807, 2.05) is 49.4 Å². The van der Waals surface area contributed by atoms with Crippen LogP contribution in [-0.4, -0.2) is 25.2 Å². The minimum Gasteiger partial charge on any atom is -0.497 e. The summed E-state index contributed by atoms with van der Waals surface area (Å²) in [5.74, 6) is 0.957. The van der Waals surface area contributed by atoms with E-state index in [2.05, 4.69) is 15.5 Å². The monoisotopic (exact) mass is 469 g/mol. The van der Waals surface area contributed by atoms with Crippen LogP contribution in [0.5, 0.6) is 5.75 Å². The maximum atomic E-state index is 11.9. The smallest absolute Gasteiger partial charge is 0.350 e. The van der Waals surface area contributed by atoms with Gasteiger partial charge in [-0.3, -0.25) is 5.43 Å². The van der Waals surface area contributed by atoms with Gasteiger partial charge in [0.1, 0.15) is 22.0 Å². The zero-order chi connectivity index (χ0) is 22.8. The molecule has 4 rings (SSSR count). The largest absolute Gasteiger partial charge is 0.497 e. The van der Waals surface area contributed by atoms with Crippen LogP contribution >= 0.6 is 22.9 Å². The number of methoxy groups -OCH3 is 2. The standard InChI is InChI=1S/C23H20ClN3O4S/c1-12-9-20-16(10-17(12)24)18(11-19(31-20)14-5-7-15(29-3)8-6-14)26-27-23-25-13(2)21(32-23)22(28)30-4/h5-11H,1-4H3,(H,25,27). The van der Waals surface area contributed by atoms with Crippen molar-refractivity contribution >= 4 is 45.0 Å². The van der Waals surface area contributed by atoms with Gasteiger partial charge in [0.05, 0.1) is 25.3 Å². The van der Waals surface area contributed by atoms with Crippen LogP contribution in [0, 0.1) is 13.8 Å². The highest BCUT2D eigenvalue weighted by Gasteiger charge is 2.15. The molecule has 0 saturated heterocycles. The average molecular weight is 470 g/mol. The molecule has 0 saturated carbocycles. The number of hydrogen-bond acceptors (Lipinski definition) is 8. The Morgan fingerprint density at radius 1 is 1.16 bits per heavy atom. The van der Waals surface area contributed by atoms with E-state index in [-0.39, 0.29) is 0 Å². The van der Waals surface area contributed by atoms with Gasteiger partial charge in [0.25, 0.3) is 0 Å². The Bertz CT molecular complexity index is 1380. The average Bonchev–Trinajstić information content (AvgIpc) is 3.18. The van der Waals surface area contributed by atoms with Crippen molar-refractivity contribution in [3.05, 3.63) is 69.0 Å². The lowest BCUT2D eigenvalue weighted by atomic mass is 10.1. The molecule has 1 N–H and O–H groups in total. The first kappa shape index (κ1) is 21.9. The molecular weight excluding hydrogens is 450 g/mol. The molecule has 0 amide bonds. The summed E-state index contributed by atoms with van der Waals surface area (Å²) in [5.41, 5.74) is 5.93. The molecule has 2 aromatic heterocycles. The van der Waals surface area contributed by atoms with Crippen molar-refractivity contribution in [2.75, 3.05) is 19.6 Å². The molecule has 0 atom stereocenters. The molecule has 7 nitrogen and oxygen atoms in total. The van der Waals surface area contributed by atoms with Gasteiger partial charge in [0, 0.05) is 22.0 Å². The van der Waals surface area contributed by atoms with Gasteiger partial charge in [-0.2, -0.15) is 5.10 Å². The summed E-state index contributed by atoms with van der Waals surface area (Å²) in [6.45, 7) is 3.66. The third-order valence-corrected chi connectivity index (χ3v) is 6.29. The molecule has 0 spiro atoms. The molecule has 0 fully saturated rings. The number of anilines is 1. The number of hydrogen-bond donors (Lipinski definition) is 1. The fourth-order valence-electron chi connectivity index (χ4n) is 3.11. The molecule has 9 heteroatoms. The van der Waals surface area contributed by atoms with Gasteiger partial charge < -0.3 is 13.9 Å². The molecule has 164 valence electrons. The number of halogens is 1. The lowest BCUT2D eigenvalue weighted by molar-refractivity contribution is 0.0605. The normalized spacial score (nSPS) is 11.6. The number of nitrogens with one attached hydrogen (secondary N) is 1. The van der Waals surface area contributed by atoms with Crippen molar-refractivity contribution < 1.29 is 18.7 Å². The Hall–Kier alpha value is -3.36. The van der Waals surface area contributed by atoms with Crippen LogP contribution in [0.15, 0.2) is 52.0 Å². The van der Waals surface area contributed by atoms with Gasteiger partial charge in [0.2, 0.25) is 5.13 Å². The number of nitrogens with zero attached hydrogens (tertiary/aromatic N) is 2. The van der Waals surface area contributed by atoms with E-state index >= 15 is 0 Å². The molecule has 4 aromatic rings. The highest BCUT2D eigenvalue weighted by atomic mass is 35.5. The Morgan fingerprint density at radius 3 is 2.59 bits per heavy atom. The van der Waals surface area contributed by atoms with E-state index in [1.165, 1.54) is 18.4 Å². The molecule has 2 heterocycles. The number of ether oxygens (including phenoxy) is 2. The highest BCUT2D eigenvalue weighted by Crippen LogP contribution is 2.28. The Labute approximate surface area is 193 Å². The van der Waals surface area contributed by atoms with Crippen LogP contribution in [0.2, 0.25) is 5.02 Å². The fraction of sp³-hybridized carbons (Fsp3) is 0.174. The molecule has 0 aliphatic carbocycles. The van der Waals surface area contributed by atoms with Gasteiger partial charge in [-0.05, 0) is 55.8 Å². The van der Waals surface area contributed by atoms with Gasteiger partial charge in [-0.1, -0.05) is 22.9 Å². The summed E-state index contributed by atoms with van der Waals surface area (Å²) in [7, 11) is 2.96. The quantitative estimate of drug-likeness (QED) is 0.304. The van der Waals surface area contributed by atoms with Crippen LogP contribution in [0.4, 0.5) is 5.13 Å². The van der Waals surface area contributed by atoms with Crippen LogP contribution < -0.4 is 15.5 Å². The zero-order valence-electron chi connectivity index (χ0n) is 17.9. The van der Waals surface area contributed by atoms with Crippen LogP contribution in [0.25, 0.3) is 22.3 Å². The van der Waals surface area contributed by atoms with E-state index in [0.29, 0.717) is 37.4 Å². The van der Waals surface area contributed by atoms with Crippen molar-refractivity contribution in [1.29, 1.82) is 0 Å². The highest BCUT2D eigenvalue weighted by molar-refractivity contribution is 7.17. The SMILES string of the molecule is COC(=O)c1sc(NN=c2cc(-c3ccc(OC)cc3)oc3cc(C)c(Cl)cc23)nc1C. The molecule has 0 radical (unpaired) electrons. The first-order chi connectivity index (χ1) is 15.4. The van der Waals surface area contributed by atoms with Crippen LogP contribution in [-0.2, 0) is 4.74 Å². The second kappa shape index (κ2) is 9.02. The third kappa shape index (κ3) is 4.32. The predicted octanol–water partition coefficient (Wildman–Crippen LogP) is 5.55. The molecule has 0 bridgehead atoms. The van der Waals surface area contributed by atoms with E-state index < -0.39 is 5.97 Å². The number of esters is 1. The van der Waals surface area contributed by atoms with Crippen molar-refractivity contribution in [3.8, 4) is 17.1 Å². The molecule has 32 heavy (non-hydrogen) atoms. The fourth-order valence-corrected chi connectivity index (χ4v) is 4.10. The predicted molar refractivity (Wildman–Crippen MR) is 125 cm³/mol. The molecule has 0 aliphatic heterocycles. The third-order valence-electron chi connectivity index (χ3n) is 4.84. The van der Waals surface area contributed by atoms with Crippen molar-refractivity contribution in [1.82, 2.24) is 4.98 Å². The summed E-state index contributed by atoms with van der Waals surface area (Å²) in [6.07, 6.45) is 0. The maximum absolute atomic E-state index is 11.9. The molecule has 2 aromatic carbocycles. The first-order valence-electron chi connectivity index (χ1n) is 9.63. The van der Waals surface area contributed by atoms with Gasteiger partial charge >= 0.3 is 5.97 Å². The van der Waals surface area contributed by atoms with Gasteiger partial charge in [0.15, 0.2) is 0 Å². The minimum absolute atomic E-state index is 0.427. The van der Waals surface area contributed by atoms with Gasteiger partial charge in [-0.15, -0.1) is 0 Å². The topological polar surface area (TPSA) is 86.0 Å². The van der Waals surface area contributed by atoms with Crippen molar-refractivity contribution in [2.24, 2.45) is 5.10 Å². The van der Waals surface area contributed by atoms with Crippen LogP contribution in [0.1, 0.15) is 20.9 Å². The zero-order valence-corrected chi connectivity index (χ0v) is 19.4. The summed E-state index contributed by atoms with van der Waals surface area (Å²) in [5, 5.41) is 6.98. The Morgan fingerprint density at radius 2 is 1.91 bits per heavy atom. The second-order valence-electron chi connectivity index (χ2n) is 6.97. The minimum atomic E-state index is -0.430. The number of carbonyl (C=O) groups excluding carboxylic acids is 1. The summed E-state index contributed by atoms with van der Waals surface area (Å²) in [6, 6.07) is 13.1. The summed E-state index contributed by atoms with van der Waals surface area (Å²) >= 11 is 7.54. The Kier molecular flexibility index (Phi) is 6.16. The summed E-state index contributed by atoms with van der Waals surface area (Å²) < 4.78 is 16.2. The number of thiazole rings is 1. The number of rotatable bonds is 5. The maximum Gasteiger partial charge on any atom is 0.350 e. The second-order valence-corrected chi connectivity index (χ2v) is 8.38. The number of fused-ring (bicyclic) bond motifs is 1. The van der Waals surface area contributed by atoms with Crippen molar-refractivity contribution in [2.45, 2.75) is 13.8 Å². The molecule has 0 aliphatic rings. The molecular formula is C23H20ClN3O4S. The summed E-state index contributed by atoms with van der Waals surface area (Å²) in [4.78, 5) is 16.6. The number of benzene rings is 2. The number of aromatic nitrogens is 1.